The Hall–Kier alpha value is -2.95. The zero-order chi connectivity index (χ0) is 18.8. The number of fused-ring (bicyclic) bond motifs is 1. The predicted molar refractivity (Wildman–Crippen MR) is 105 cm³/mol. The number of rotatable bonds is 6. The Kier molecular flexibility index (Phi) is 4.75. The first kappa shape index (κ1) is 17.5. The van der Waals surface area contributed by atoms with Crippen molar-refractivity contribution in [2.75, 3.05) is 20.8 Å². The van der Waals surface area contributed by atoms with E-state index in [1.807, 2.05) is 35.2 Å². The highest BCUT2D eigenvalue weighted by Crippen LogP contribution is 2.37. The summed E-state index contributed by atoms with van der Waals surface area (Å²) < 4.78 is 10.7. The molecule has 2 heterocycles. The third-order valence-electron chi connectivity index (χ3n) is 5.40. The van der Waals surface area contributed by atoms with Crippen molar-refractivity contribution in [1.29, 1.82) is 0 Å². The fraction of sp³-hybridized carbons (Fsp3) is 0.318. The molecule has 2 aromatic carbocycles. The molecule has 140 valence electrons. The van der Waals surface area contributed by atoms with Crippen molar-refractivity contribution >= 4 is 16.8 Å². The van der Waals surface area contributed by atoms with Crippen molar-refractivity contribution in [3.8, 4) is 11.5 Å². The molecule has 0 spiro atoms. The van der Waals surface area contributed by atoms with Crippen molar-refractivity contribution in [2.24, 2.45) is 0 Å². The zero-order valence-corrected chi connectivity index (χ0v) is 15.7. The maximum Gasteiger partial charge on any atom is 0.223 e. The molecule has 5 nitrogen and oxygen atoms in total. The van der Waals surface area contributed by atoms with Gasteiger partial charge in [-0.25, -0.2) is 0 Å². The lowest BCUT2D eigenvalue weighted by atomic mass is 10.0. The van der Waals surface area contributed by atoms with Crippen LogP contribution in [0.4, 0.5) is 0 Å². The minimum absolute atomic E-state index is 0.133. The zero-order valence-electron chi connectivity index (χ0n) is 15.7. The number of ether oxygens (including phenoxy) is 2. The average molecular weight is 364 g/mol. The van der Waals surface area contributed by atoms with Gasteiger partial charge in [0.2, 0.25) is 5.91 Å². The first-order valence-corrected chi connectivity index (χ1v) is 9.27. The quantitative estimate of drug-likeness (QED) is 0.717. The highest BCUT2D eigenvalue weighted by Gasteiger charge is 2.33. The average Bonchev–Trinajstić information content (AvgIpc) is 3.29. The Balaban J connectivity index is 1.54. The Bertz CT molecular complexity index is 963. The molecular formula is C22H24N2O3. The number of carbonyl (C=O) groups excluding carboxylic acids is 1. The monoisotopic (exact) mass is 364 g/mol. The number of hydrogen-bond donors (Lipinski definition) is 1. The standard InChI is InChI=1S/C22H24N2O3/c1-26-20-9-7-15(13-21(20)27-2)11-12-24-19(8-10-22(24)25)17-14-23-18-6-4-3-5-16(17)18/h3-7,9,13-14,19,23H,8,10-12H2,1-2H3/t19-/m0/s1. The molecular weight excluding hydrogens is 340 g/mol. The van der Waals surface area contributed by atoms with Gasteiger partial charge in [0.15, 0.2) is 11.5 Å². The lowest BCUT2D eigenvalue weighted by Crippen LogP contribution is -2.29. The predicted octanol–water partition coefficient (Wildman–Crippen LogP) is 4.09. The number of methoxy groups -OCH3 is 2. The molecule has 3 aromatic rings. The van der Waals surface area contributed by atoms with Crippen LogP contribution < -0.4 is 9.47 Å². The van der Waals surface area contributed by atoms with Gasteiger partial charge in [-0.2, -0.15) is 0 Å². The summed E-state index contributed by atoms with van der Waals surface area (Å²) in [6.45, 7) is 0.693. The van der Waals surface area contributed by atoms with Gasteiger partial charge in [-0.15, -0.1) is 0 Å². The number of nitrogens with zero attached hydrogens (tertiary/aromatic N) is 1. The van der Waals surface area contributed by atoms with Gasteiger partial charge in [-0.05, 0) is 42.2 Å². The van der Waals surface area contributed by atoms with Crippen molar-refractivity contribution in [3.63, 3.8) is 0 Å². The molecule has 1 aliphatic rings. The van der Waals surface area contributed by atoms with Gasteiger partial charge in [0, 0.05) is 30.1 Å². The van der Waals surface area contributed by atoms with Gasteiger partial charge < -0.3 is 19.4 Å². The molecule has 0 aliphatic carbocycles. The molecule has 1 fully saturated rings. The molecule has 0 radical (unpaired) electrons. The van der Waals surface area contributed by atoms with E-state index >= 15 is 0 Å². The second kappa shape index (κ2) is 7.35. The minimum atomic E-state index is 0.133. The number of nitrogens with one attached hydrogen (secondary N) is 1. The van der Waals surface area contributed by atoms with Crippen LogP contribution in [0.5, 0.6) is 11.5 Å². The highest BCUT2D eigenvalue weighted by molar-refractivity contribution is 5.86. The number of benzene rings is 2. The third-order valence-corrected chi connectivity index (χ3v) is 5.40. The summed E-state index contributed by atoms with van der Waals surface area (Å²) >= 11 is 0. The molecule has 1 aromatic heterocycles. The fourth-order valence-corrected chi connectivity index (χ4v) is 3.99. The summed E-state index contributed by atoms with van der Waals surface area (Å²) in [6, 6.07) is 14.3. The molecule has 1 atom stereocenters. The normalized spacial score (nSPS) is 16.9. The molecule has 4 rings (SSSR count). The number of likely N-dealkylation sites (tertiary alicyclic amines) is 1. The van der Waals surface area contributed by atoms with Crippen LogP contribution in [0, 0.1) is 0 Å². The SMILES string of the molecule is COc1ccc(CCN2C(=O)CC[C@H]2c2c[nH]c3ccccc23)cc1OC. The maximum absolute atomic E-state index is 12.5. The molecule has 1 saturated heterocycles. The van der Waals surface area contributed by atoms with Gasteiger partial charge in [-0.3, -0.25) is 4.79 Å². The van der Waals surface area contributed by atoms with Crippen molar-refractivity contribution in [1.82, 2.24) is 9.88 Å². The van der Waals surface area contributed by atoms with E-state index in [-0.39, 0.29) is 11.9 Å². The Morgan fingerprint density at radius 1 is 1.11 bits per heavy atom. The Morgan fingerprint density at radius 3 is 2.74 bits per heavy atom. The summed E-state index contributed by atoms with van der Waals surface area (Å²) in [5.74, 6) is 1.66. The number of aromatic nitrogens is 1. The maximum atomic E-state index is 12.5. The topological polar surface area (TPSA) is 54.6 Å². The number of hydrogen-bond acceptors (Lipinski definition) is 3. The summed E-state index contributed by atoms with van der Waals surface area (Å²) in [6.07, 6.45) is 4.31. The number of amides is 1. The van der Waals surface area contributed by atoms with E-state index in [1.165, 1.54) is 10.9 Å². The molecule has 0 bridgehead atoms. The van der Waals surface area contributed by atoms with Crippen LogP contribution in [0.2, 0.25) is 0 Å². The van der Waals surface area contributed by atoms with E-state index in [4.69, 9.17) is 9.47 Å². The van der Waals surface area contributed by atoms with Crippen molar-refractivity contribution in [2.45, 2.75) is 25.3 Å². The van der Waals surface area contributed by atoms with Crippen LogP contribution in [0.25, 0.3) is 10.9 Å². The third kappa shape index (κ3) is 3.25. The lowest BCUT2D eigenvalue weighted by Gasteiger charge is -2.25. The lowest BCUT2D eigenvalue weighted by molar-refractivity contribution is -0.129. The number of aromatic amines is 1. The van der Waals surface area contributed by atoms with Gasteiger partial charge >= 0.3 is 0 Å². The van der Waals surface area contributed by atoms with E-state index in [0.717, 1.165) is 35.4 Å². The first-order valence-electron chi connectivity index (χ1n) is 9.27. The van der Waals surface area contributed by atoms with Crippen LogP contribution >= 0.6 is 0 Å². The van der Waals surface area contributed by atoms with Gasteiger partial charge in [0.05, 0.1) is 20.3 Å². The number of H-pyrrole nitrogens is 1. The summed E-state index contributed by atoms with van der Waals surface area (Å²) in [4.78, 5) is 17.9. The van der Waals surface area contributed by atoms with Gasteiger partial charge in [0.1, 0.15) is 0 Å². The van der Waals surface area contributed by atoms with Crippen LogP contribution in [0.1, 0.15) is 30.0 Å². The smallest absolute Gasteiger partial charge is 0.223 e. The molecule has 5 heteroatoms. The van der Waals surface area contributed by atoms with E-state index in [2.05, 4.69) is 23.3 Å². The molecule has 27 heavy (non-hydrogen) atoms. The second-order valence-electron chi connectivity index (χ2n) is 6.87. The fourth-order valence-electron chi connectivity index (χ4n) is 3.99. The van der Waals surface area contributed by atoms with E-state index in [0.29, 0.717) is 13.0 Å². The van der Waals surface area contributed by atoms with Crippen LogP contribution in [-0.2, 0) is 11.2 Å². The van der Waals surface area contributed by atoms with Gasteiger partial charge in [0.25, 0.3) is 0 Å². The van der Waals surface area contributed by atoms with E-state index in [1.54, 1.807) is 14.2 Å². The van der Waals surface area contributed by atoms with Crippen molar-refractivity contribution in [3.05, 3.63) is 59.8 Å². The molecule has 1 aliphatic heterocycles. The molecule has 1 amide bonds. The molecule has 0 saturated carbocycles. The first-order chi connectivity index (χ1) is 13.2. The summed E-state index contributed by atoms with van der Waals surface area (Å²) in [5.41, 5.74) is 3.46. The Labute approximate surface area is 158 Å². The van der Waals surface area contributed by atoms with E-state index < -0.39 is 0 Å². The van der Waals surface area contributed by atoms with Gasteiger partial charge in [-0.1, -0.05) is 24.3 Å². The van der Waals surface area contributed by atoms with Crippen LogP contribution in [-0.4, -0.2) is 36.6 Å². The summed E-state index contributed by atoms with van der Waals surface area (Å²) in [7, 11) is 3.27. The van der Waals surface area contributed by atoms with E-state index in [9.17, 15) is 4.79 Å². The van der Waals surface area contributed by atoms with Crippen LogP contribution in [0.15, 0.2) is 48.7 Å². The summed E-state index contributed by atoms with van der Waals surface area (Å²) in [5, 5.41) is 1.20. The Morgan fingerprint density at radius 2 is 1.93 bits per heavy atom. The number of carbonyl (C=O) groups is 1. The van der Waals surface area contributed by atoms with Crippen LogP contribution in [0.3, 0.4) is 0 Å². The molecule has 1 N–H and O–H groups in total. The second-order valence-corrected chi connectivity index (χ2v) is 6.87. The number of para-hydroxylation sites is 1. The molecule has 0 unspecified atom stereocenters. The highest BCUT2D eigenvalue weighted by atomic mass is 16.5. The van der Waals surface area contributed by atoms with Crippen molar-refractivity contribution < 1.29 is 14.3 Å². The minimum Gasteiger partial charge on any atom is -0.493 e. The largest absolute Gasteiger partial charge is 0.493 e.